The van der Waals surface area contributed by atoms with Crippen LogP contribution in [0.5, 0.6) is 0 Å². The van der Waals surface area contributed by atoms with E-state index in [0.29, 0.717) is 47.7 Å². The van der Waals surface area contributed by atoms with Gasteiger partial charge in [-0.3, -0.25) is 4.79 Å². The Morgan fingerprint density at radius 1 is 1.32 bits per heavy atom. The maximum Gasteiger partial charge on any atom is 0.431 e. The van der Waals surface area contributed by atoms with E-state index in [1.807, 2.05) is 13.1 Å². The molecular weight excluding hydrogens is 475 g/mol. The van der Waals surface area contributed by atoms with Crippen molar-refractivity contribution in [2.24, 2.45) is 5.73 Å². The van der Waals surface area contributed by atoms with Crippen LogP contribution < -0.4 is 5.73 Å². The number of aldehydes is 1. The highest BCUT2D eigenvalue weighted by Gasteiger charge is 2.36. The zero-order chi connectivity index (χ0) is 25.5. The highest BCUT2D eigenvalue weighted by molar-refractivity contribution is 7.12. The van der Waals surface area contributed by atoms with Crippen LogP contribution in [0.1, 0.15) is 32.4 Å². The topological polar surface area (TPSA) is 94.0 Å². The van der Waals surface area contributed by atoms with Crippen molar-refractivity contribution in [1.29, 1.82) is 10.7 Å². The summed E-state index contributed by atoms with van der Waals surface area (Å²) in [5, 5.41) is 16.7. The standard InChI is InChI=1S/C19H17F3N4S.C4H4F2O/c1-26-9-16(14-6-11(7-23)27-17(14)10-26)13-5-3-2-4-12(13)15(8-24)18(25)19(20,21)22;5-4(6)2-1-3-7/h2-6,8,16,24H,9-10,25H2,1H3;1-4H/b18-15+,24-8?;2-1+/t16-;/m0./s1. The number of nitrogens with one attached hydrogen (secondary N) is 1. The summed E-state index contributed by atoms with van der Waals surface area (Å²) in [6.45, 7) is 1.29. The predicted octanol–water partition coefficient (Wildman–Crippen LogP) is 5.09. The summed E-state index contributed by atoms with van der Waals surface area (Å²) < 4.78 is 61.5. The van der Waals surface area contributed by atoms with Crippen molar-refractivity contribution >= 4 is 29.4 Å². The number of nitriles is 1. The highest BCUT2D eigenvalue weighted by atomic mass is 32.1. The molecule has 34 heavy (non-hydrogen) atoms. The largest absolute Gasteiger partial charge is 0.431 e. The van der Waals surface area contributed by atoms with Crippen LogP contribution in [0.15, 0.2) is 48.2 Å². The molecule has 1 aromatic heterocycles. The third-order valence-electron chi connectivity index (χ3n) is 4.94. The number of hydrogen-bond donors (Lipinski definition) is 2. The summed E-state index contributed by atoms with van der Waals surface area (Å²) in [7, 11) is 1.93. The van der Waals surface area contributed by atoms with Gasteiger partial charge in [0.2, 0.25) is 0 Å². The third kappa shape index (κ3) is 6.59. The number of likely N-dealkylation sites (N-methyl/N-ethyl adjacent to an activating group) is 1. The first-order valence-corrected chi connectivity index (χ1v) is 10.6. The Kier molecular flexibility index (Phi) is 9.23. The van der Waals surface area contributed by atoms with E-state index in [0.717, 1.165) is 16.5 Å². The fourth-order valence-electron chi connectivity index (χ4n) is 3.53. The molecule has 0 bridgehead atoms. The number of nitrogens with zero attached hydrogens (tertiary/aromatic N) is 2. The summed E-state index contributed by atoms with van der Waals surface area (Å²) in [4.78, 5) is 13.0. The molecule has 0 radical (unpaired) electrons. The number of rotatable bonds is 5. The van der Waals surface area contributed by atoms with Crippen LogP contribution in [-0.2, 0) is 11.3 Å². The minimum atomic E-state index is -4.72. The Morgan fingerprint density at radius 2 is 2.00 bits per heavy atom. The fraction of sp³-hybridized carbons (Fsp3) is 0.261. The number of halogens is 5. The lowest BCUT2D eigenvalue weighted by Gasteiger charge is -2.31. The lowest BCUT2D eigenvalue weighted by atomic mass is 9.83. The summed E-state index contributed by atoms with van der Waals surface area (Å²) in [5.74, 6) is -0.204. The van der Waals surface area contributed by atoms with Gasteiger partial charge in [0.15, 0.2) is 0 Å². The second-order valence-electron chi connectivity index (χ2n) is 7.26. The van der Waals surface area contributed by atoms with Crippen molar-refractivity contribution in [3.05, 3.63) is 74.6 Å². The molecule has 0 amide bonds. The van der Waals surface area contributed by atoms with E-state index in [-0.39, 0.29) is 11.5 Å². The van der Waals surface area contributed by atoms with Gasteiger partial charge >= 0.3 is 6.18 Å². The molecule has 1 atom stereocenters. The maximum absolute atomic E-state index is 13.2. The van der Waals surface area contributed by atoms with Gasteiger partial charge in [0, 0.05) is 35.7 Å². The zero-order valence-electron chi connectivity index (χ0n) is 17.9. The minimum Gasteiger partial charge on any atom is -0.394 e. The van der Waals surface area contributed by atoms with Crippen LogP contribution in [0.4, 0.5) is 22.0 Å². The van der Waals surface area contributed by atoms with E-state index >= 15 is 0 Å². The van der Waals surface area contributed by atoms with E-state index in [1.165, 1.54) is 11.3 Å². The molecular formula is C23H21F5N4OS. The van der Waals surface area contributed by atoms with Crippen LogP contribution in [0, 0.1) is 16.7 Å². The zero-order valence-corrected chi connectivity index (χ0v) is 18.8. The van der Waals surface area contributed by atoms with Crippen molar-refractivity contribution in [3.8, 4) is 6.07 Å². The number of nitrogens with two attached hydrogens (primary N) is 1. The summed E-state index contributed by atoms with van der Waals surface area (Å²) in [5.41, 5.74) is 5.62. The van der Waals surface area contributed by atoms with Gasteiger partial charge in [0.05, 0.1) is 0 Å². The molecule has 3 rings (SSSR count). The van der Waals surface area contributed by atoms with Crippen LogP contribution in [0.3, 0.4) is 0 Å². The molecule has 180 valence electrons. The number of fused-ring (bicyclic) bond motifs is 1. The van der Waals surface area contributed by atoms with E-state index < -0.39 is 18.3 Å². The fourth-order valence-corrected chi connectivity index (χ4v) is 4.63. The average Bonchev–Trinajstić information content (AvgIpc) is 3.21. The Balaban J connectivity index is 0.000000509. The smallest absolute Gasteiger partial charge is 0.394 e. The van der Waals surface area contributed by atoms with Crippen LogP contribution >= 0.6 is 11.3 Å². The molecule has 1 aliphatic heterocycles. The Bertz CT molecular complexity index is 1130. The number of benzene rings is 1. The highest BCUT2D eigenvalue weighted by Crippen LogP contribution is 2.41. The number of alkyl halides is 5. The molecule has 2 aromatic rings. The van der Waals surface area contributed by atoms with Gasteiger partial charge in [0.25, 0.3) is 6.43 Å². The molecule has 1 aromatic carbocycles. The Labute approximate surface area is 197 Å². The predicted molar refractivity (Wildman–Crippen MR) is 121 cm³/mol. The number of carbonyl (C=O) groups excluding carboxylic acids is 1. The van der Waals surface area contributed by atoms with Crippen LogP contribution in [0.2, 0.25) is 0 Å². The van der Waals surface area contributed by atoms with E-state index in [1.54, 1.807) is 24.3 Å². The van der Waals surface area contributed by atoms with Crippen molar-refractivity contribution in [2.45, 2.75) is 25.1 Å². The molecule has 0 saturated heterocycles. The van der Waals surface area contributed by atoms with Gasteiger partial charge in [-0.15, -0.1) is 11.3 Å². The second kappa shape index (κ2) is 11.7. The van der Waals surface area contributed by atoms with E-state index in [9.17, 15) is 32.0 Å². The normalized spacial score (nSPS) is 16.8. The molecule has 1 aliphatic rings. The first-order chi connectivity index (χ1) is 16.0. The molecule has 0 unspecified atom stereocenters. The first-order valence-electron chi connectivity index (χ1n) is 9.81. The first kappa shape index (κ1) is 26.9. The van der Waals surface area contributed by atoms with E-state index in [2.05, 4.69) is 11.0 Å². The second-order valence-corrected chi connectivity index (χ2v) is 8.40. The number of hydrogen-bond acceptors (Lipinski definition) is 6. The van der Waals surface area contributed by atoms with Gasteiger partial charge in [-0.25, -0.2) is 8.78 Å². The Morgan fingerprint density at radius 3 is 2.53 bits per heavy atom. The lowest BCUT2D eigenvalue weighted by molar-refractivity contribution is -0.104. The van der Waals surface area contributed by atoms with Crippen molar-refractivity contribution < 1.29 is 26.7 Å². The van der Waals surface area contributed by atoms with Crippen molar-refractivity contribution in [1.82, 2.24) is 4.90 Å². The summed E-state index contributed by atoms with van der Waals surface area (Å²) in [6, 6.07) is 10.7. The lowest BCUT2D eigenvalue weighted by Crippen LogP contribution is -2.30. The SMILES string of the molecule is CN1Cc2sc(C#N)cc2[C@H](c2ccccc2/C(C=N)=C(/N)C(F)(F)F)C1.O=C/C=C/C(F)F. The maximum atomic E-state index is 13.2. The molecule has 0 saturated carbocycles. The van der Waals surface area contributed by atoms with Gasteiger partial charge in [0.1, 0.15) is 22.9 Å². The minimum absolute atomic E-state index is 0.204. The van der Waals surface area contributed by atoms with Crippen LogP contribution in [0.25, 0.3) is 5.57 Å². The molecule has 2 heterocycles. The summed E-state index contributed by atoms with van der Waals surface area (Å²) in [6.07, 6.45) is -4.97. The monoisotopic (exact) mass is 496 g/mol. The van der Waals surface area contributed by atoms with Gasteiger partial charge in [-0.2, -0.15) is 18.4 Å². The van der Waals surface area contributed by atoms with E-state index in [4.69, 9.17) is 11.1 Å². The summed E-state index contributed by atoms with van der Waals surface area (Å²) >= 11 is 1.40. The number of carbonyl (C=O) groups is 1. The van der Waals surface area contributed by atoms with Gasteiger partial charge < -0.3 is 16.0 Å². The average molecular weight is 497 g/mol. The molecule has 0 aliphatic carbocycles. The third-order valence-corrected chi connectivity index (χ3v) is 5.98. The Hall–Kier alpha value is -3.36. The molecule has 11 heteroatoms. The van der Waals surface area contributed by atoms with Crippen LogP contribution in [-0.4, -0.2) is 43.6 Å². The van der Waals surface area contributed by atoms with Gasteiger partial charge in [-0.1, -0.05) is 24.3 Å². The van der Waals surface area contributed by atoms with Gasteiger partial charge in [-0.05, 0) is 42.0 Å². The number of allylic oxidation sites excluding steroid dienone is 4. The molecule has 0 spiro atoms. The van der Waals surface area contributed by atoms with Crippen molar-refractivity contribution in [2.75, 3.05) is 13.6 Å². The quantitative estimate of drug-likeness (QED) is 0.261. The molecule has 5 nitrogen and oxygen atoms in total. The van der Waals surface area contributed by atoms with Crippen molar-refractivity contribution in [3.63, 3.8) is 0 Å². The molecule has 0 fully saturated rings. The number of thiophene rings is 1. The molecule has 3 N–H and O–H groups in total.